The lowest BCUT2D eigenvalue weighted by Crippen LogP contribution is -2.44. The smallest absolute Gasteiger partial charge is 0.155 e. The minimum absolute atomic E-state index is 0.190. The van der Waals surface area contributed by atoms with Crippen molar-refractivity contribution in [2.45, 2.75) is 65.8 Å². The Kier molecular flexibility index (Phi) is 2.53. The van der Waals surface area contributed by atoms with Crippen LogP contribution in [-0.4, -0.2) is 29.8 Å². The highest BCUT2D eigenvalue weighted by Gasteiger charge is 2.68. The second-order valence-electron chi connectivity index (χ2n) is 7.96. The minimum Gasteiger partial charge on any atom is -0.297 e. The first kappa shape index (κ1) is 12.7. The molecule has 1 aliphatic heterocycles. The van der Waals surface area contributed by atoms with Gasteiger partial charge in [0.15, 0.2) is 5.78 Å². The van der Waals surface area contributed by atoms with E-state index in [1.807, 2.05) is 0 Å². The molecule has 3 fully saturated rings. The zero-order valence-corrected chi connectivity index (χ0v) is 12.4. The Morgan fingerprint density at radius 2 is 1.72 bits per heavy atom. The zero-order valence-electron chi connectivity index (χ0n) is 12.4. The van der Waals surface area contributed by atoms with E-state index in [1.165, 1.54) is 32.2 Å². The molecule has 2 aliphatic carbocycles. The second-order valence-corrected chi connectivity index (χ2v) is 7.96. The van der Waals surface area contributed by atoms with Gasteiger partial charge in [0.25, 0.3) is 0 Å². The number of carbonyl (C=O) groups is 1. The van der Waals surface area contributed by atoms with Crippen molar-refractivity contribution in [1.82, 2.24) is 4.90 Å². The molecule has 2 heteroatoms. The van der Waals surface area contributed by atoms with Gasteiger partial charge in [0.1, 0.15) is 0 Å². The summed E-state index contributed by atoms with van der Waals surface area (Å²) in [6.07, 6.45) is 6.82. The lowest BCUT2D eigenvalue weighted by molar-refractivity contribution is -0.131. The molecule has 1 unspecified atom stereocenters. The van der Waals surface area contributed by atoms with E-state index in [0.29, 0.717) is 16.6 Å². The highest BCUT2D eigenvalue weighted by molar-refractivity contribution is 5.89. The molecule has 0 amide bonds. The Bertz CT molecular complexity index is 377. The molecule has 0 aromatic carbocycles. The number of Topliss-reactive ketones (excluding diaryl/α,β-unsaturated/α-hetero) is 1. The Hall–Kier alpha value is -0.370. The fourth-order valence-electron chi connectivity index (χ4n) is 4.48. The zero-order chi connectivity index (χ0) is 13.2. The third kappa shape index (κ3) is 1.54. The number of hydrogen-bond donors (Lipinski definition) is 0. The largest absolute Gasteiger partial charge is 0.297 e. The van der Waals surface area contributed by atoms with Crippen molar-refractivity contribution in [3.05, 3.63) is 0 Å². The molecular formula is C16H27NO. The molecule has 2 saturated carbocycles. The Morgan fingerprint density at radius 1 is 1.17 bits per heavy atom. The van der Waals surface area contributed by atoms with Gasteiger partial charge in [0, 0.05) is 12.0 Å². The van der Waals surface area contributed by atoms with Crippen LogP contribution in [-0.2, 0) is 4.79 Å². The lowest BCUT2D eigenvalue weighted by atomic mass is 9.56. The van der Waals surface area contributed by atoms with Gasteiger partial charge in [-0.2, -0.15) is 0 Å². The van der Waals surface area contributed by atoms with Crippen molar-refractivity contribution < 1.29 is 4.79 Å². The van der Waals surface area contributed by atoms with Crippen molar-refractivity contribution in [2.75, 3.05) is 13.1 Å². The van der Waals surface area contributed by atoms with Gasteiger partial charge in [-0.1, -0.05) is 27.7 Å². The monoisotopic (exact) mass is 249 g/mol. The molecule has 0 aromatic heterocycles. The maximum Gasteiger partial charge on any atom is 0.155 e. The summed E-state index contributed by atoms with van der Waals surface area (Å²) < 4.78 is 0. The minimum atomic E-state index is -0.190. The topological polar surface area (TPSA) is 20.3 Å². The summed E-state index contributed by atoms with van der Waals surface area (Å²) in [6.45, 7) is 10.6. The molecule has 3 rings (SSSR count). The van der Waals surface area contributed by atoms with Crippen LogP contribution in [0.5, 0.6) is 0 Å². The molecule has 0 aromatic rings. The molecular weight excluding hydrogens is 222 g/mol. The van der Waals surface area contributed by atoms with Gasteiger partial charge in [0.2, 0.25) is 0 Å². The molecule has 0 bridgehead atoms. The van der Waals surface area contributed by atoms with Crippen LogP contribution in [0.2, 0.25) is 0 Å². The average Bonchev–Trinajstić information content (AvgIpc) is 3.02. The van der Waals surface area contributed by atoms with Gasteiger partial charge in [-0.05, 0) is 49.5 Å². The first-order chi connectivity index (χ1) is 8.34. The molecule has 0 N–H and O–H groups in total. The normalized spacial score (nSPS) is 38.1. The fourth-order valence-corrected chi connectivity index (χ4v) is 4.48. The number of hydrogen-bond acceptors (Lipinski definition) is 2. The van der Waals surface area contributed by atoms with Crippen LogP contribution in [0.25, 0.3) is 0 Å². The SMILES string of the molecule is CCN1CC2(CCC23CC3)C[C@H]1C(=O)C(C)(C)C. The first-order valence-electron chi connectivity index (χ1n) is 7.62. The molecule has 0 radical (unpaired) electrons. The number of nitrogens with zero attached hydrogens (tertiary/aromatic N) is 1. The molecule has 102 valence electrons. The summed E-state index contributed by atoms with van der Waals surface area (Å²) in [4.78, 5) is 15.1. The maximum atomic E-state index is 12.7. The Labute approximate surface area is 111 Å². The van der Waals surface area contributed by atoms with Crippen LogP contribution in [0.3, 0.4) is 0 Å². The fraction of sp³-hybridized carbons (Fsp3) is 0.938. The van der Waals surface area contributed by atoms with Crippen molar-refractivity contribution in [3.8, 4) is 0 Å². The molecule has 2 spiro atoms. The van der Waals surface area contributed by atoms with E-state index < -0.39 is 0 Å². The maximum absolute atomic E-state index is 12.7. The van der Waals surface area contributed by atoms with Crippen LogP contribution in [0.1, 0.15) is 59.8 Å². The van der Waals surface area contributed by atoms with Crippen molar-refractivity contribution in [2.24, 2.45) is 16.2 Å². The molecule has 2 nitrogen and oxygen atoms in total. The Balaban J connectivity index is 1.81. The summed E-state index contributed by atoms with van der Waals surface area (Å²) in [7, 11) is 0. The Morgan fingerprint density at radius 3 is 2.11 bits per heavy atom. The van der Waals surface area contributed by atoms with Crippen LogP contribution in [0.15, 0.2) is 0 Å². The van der Waals surface area contributed by atoms with E-state index in [1.54, 1.807) is 0 Å². The average molecular weight is 249 g/mol. The number of carbonyl (C=O) groups excluding carboxylic acids is 1. The van der Waals surface area contributed by atoms with Gasteiger partial charge in [-0.15, -0.1) is 0 Å². The summed E-state index contributed by atoms with van der Waals surface area (Å²) in [5.74, 6) is 0.462. The number of ketones is 1. The van der Waals surface area contributed by atoms with Crippen LogP contribution < -0.4 is 0 Å². The second kappa shape index (κ2) is 3.59. The van der Waals surface area contributed by atoms with Crippen molar-refractivity contribution >= 4 is 5.78 Å². The molecule has 3 aliphatic rings. The number of rotatable bonds is 2. The summed E-state index contributed by atoms with van der Waals surface area (Å²) >= 11 is 0. The highest BCUT2D eigenvalue weighted by Crippen LogP contribution is 2.74. The first-order valence-corrected chi connectivity index (χ1v) is 7.62. The quantitative estimate of drug-likeness (QED) is 0.748. The van der Waals surface area contributed by atoms with E-state index in [9.17, 15) is 4.79 Å². The summed E-state index contributed by atoms with van der Waals surface area (Å²) in [5, 5.41) is 0. The van der Waals surface area contributed by atoms with Crippen LogP contribution in [0, 0.1) is 16.2 Å². The van der Waals surface area contributed by atoms with E-state index in [-0.39, 0.29) is 11.5 Å². The molecule has 2 atom stereocenters. The van der Waals surface area contributed by atoms with Crippen LogP contribution >= 0.6 is 0 Å². The van der Waals surface area contributed by atoms with E-state index >= 15 is 0 Å². The van der Waals surface area contributed by atoms with Crippen molar-refractivity contribution in [1.29, 1.82) is 0 Å². The van der Waals surface area contributed by atoms with Gasteiger partial charge < -0.3 is 0 Å². The highest BCUT2D eigenvalue weighted by atomic mass is 16.1. The third-order valence-corrected chi connectivity index (χ3v) is 6.04. The van der Waals surface area contributed by atoms with E-state index in [4.69, 9.17) is 0 Å². The lowest BCUT2D eigenvalue weighted by Gasteiger charge is -2.48. The van der Waals surface area contributed by atoms with Gasteiger partial charge in [-0.25, -0.2) is 0 Å². The van der Waals surface area contributed by atoms with E-state index in [0.717, 1.165) is 13.0 Å². The van der Waals surface area contributed by atoms with Gasteiger partial charge in [-0.3, -0.25) is 9.69 Å². The standard InChI is InChI=1S/C16H27NO/c1-5-17-11-16(9-8-15(16)6-7-15)10-12(17)13(18)14(2,3)4/h12H,5-11H2,1-4H3/t12-,16?/m0/s1. The van der Waals surface area contributed by atoms with Crippen LogP contribution in [0.4, 0.5) is 0 Å². The number of likely N-dealkylation sites (N-methyl/N-ethyl adjacent to an activating group) is 1. The predicted octanol–water partition coefficient (Wildman–Crippen LogP) is 3.26. The number of likely N-dealkylation sites (tertiary alicyclic amines) is 1. The summed E-state index contributed by atoms with van der Waals surface area (Å²) in [6, 6.07) is 0.202. The summed E-state index contributed by atoms with van der Waals surface area (Å²) in [5.41, 5.74) is 1.01. The van der Waals surface area contributed by atoms with E-state index in [2.05, 4.69) is 32.6 Å². The third-order valence-electron chi connectivity index (χ3n) is 6.04. The van der Waals surface area contributed by atoms with Crippen molar-refractivity contribution in [3.63, 3.8) is 0 Å². The molecule has 1 saturated heterocycles. The predicted molar refractivity (Wildman–Crippen MR) is 73.4 cm³/mol. The van der Waals surface area contributed by atoms with Gasteiger partial charge >= 0.3 is 0 Å². The van der Waals surface area contributed by atoms with Gasteiger partial charge in [0.05, 0.1) is 6.04 Å². The molecule has 18 heavy (non-hydrogen) atoms. The molecule has 1 heterocycles. The number of fused-ring (bicyclic) bond motifs is 1.